The van der Waals surface area contributed by atoms with E-state index < -0.39 is 12.1 Å². The number of hydrogen-bond acceptors (Lipinski definition) is 5. The van der Waals surface area contributed by atoms with E-state index >= 15 is 0 Å². The molecule has 0 saturated carbocycles. The Balaban J connectivity index is 0.000000698. The number of rotatable bonds is 12. The Labute approximate surface area is 283 Å². The molecule has 0 spiro atoms. The fourth-order valence-electron chi connectivity index (χ4n) is 5.26. The minimum atomic E-state index is -5.08. The molecule has 0 bridgehead atoms. The van der Waals surface area contributed by atoms with Gasteiger partial charge in [-0.25, -0.2) is 4.79 Å². The third kappa shape index (κ3) is 12.3. The van der Waals surface area contributed by atoms with E-state index in [-0.39, 0.29) is 11.8 Å². The van der Waals surface area contributed by atoms with Crippen LogP contribution in [-0.4, -0.2) is 76.6 Å². The fourth-order valence-corrected chi connectivity index (χ4v) is 5.26. The van der Waals surface area contributed by atoms with E-state index in [2.05, 4.69) is 21.3 Å². The Morgan fingerprint density at radius 1 is 0.857 bits per heavy atom. The second kappa shape index (κ2) is 18.3. The van der Waals surface area contributed by atoms with Crippen molar-refractivity contribution in [2.45, 2.75) is 32.0 Å². The molecular weight excluding hydrogens is 633 g/mol. The maximum absolute atomic E-state index is 13.4. The van der Waals surface area contributed by atoms with Crippen LogP contribution in [0.1, 0.15) is 39.9 Å². The molecule has 11 heteroatoms. The minimum Gasteiger partial charge on any atom is -0.475 e. The number of aromatic nitrogens is 1. The lowest BCUT2D eigenvalue weighted by atomic mass is 10.0. The molecule has 256 valence electrons. The predicted molar refractivity (Wildman–Crippen MR) is 182 cm³/mol. The lowest BCUT2D eigenvalue weighted by Crippen LogP contribution is -2.33. The normalized spacial score (nSPS) is 13.0. The van der Waals surface area contributed by atoms with Gasteiger partial charge in [-0.2, -0.15) is 13.2 Å². The molecular formula is C38H39F3N4O4. The molecule has 0 radical (unpaired) electrons. The molecule has 1 aromatic heterocycles. The maximum Gasteiger partial charge on any atom is 0.490 e. The molecule has 1 saturated heterocycles. The Hall–Kier alpha value is -5.29. The van der Waals surface area contributed by atoms with Crippen molar-refractivity contribution >= 4 is 23.9 Å². The smallest absolute Gasteiger partial charge is 0.475 e. The van der Waals surface area contributed by atoms with Crippen LogP contribution >= 0.6 is 0 Å². The number of hydrogen-bond donors (Lipinski definition) is 2. The number of carbonyl (C=O) groups is 3. The summed E-state index contributed by atoms with van der Waals surface area (Å²) in [5.74, 6) is -2.84. The van der Waals surface area contributed by atoms with Crippen molar-refractivity contribution in [3.63, 3.8) is 0 Å². The first kappa shape index (κ1) is 36.5. The quantitative estimate of drug-likeness (QED) is 0.167. The molecule has 4 aromatic rings. The van der Waals surface area contributed by atoms with Gasteiger partial charge in [0.1, 0.15) is 0 Å². The summed E-state index contributed by atoms with van der Waals surface area (Å²) in [5, 5.41) is 10.2. The van der Waals surface area contributed by atoms with Crippen molar-refractivity contribution in [1.82, 2.24) is 20.1 Å². The molecule has 1 aliphatic heterocycles. The average molecular weight is 673 g/mol. The van der Waals surface area contributed by atoms with E-state index in [1.807, 2.05) is 95.9 Å². The molecule has 8 nitrogen and oxygen atoms in total. The highest BCUT2D eigenvalue weighted by Crippen LogP contribution is 2.23. The number of nitrogens with one attached hydrogen (secondary N) is 1. The lowest BCUT2D eigenvalue weighted by Gasteiger charge is -2.22. The Kier molecular flexibility index (Phi) is 13.7. The van der Waals surface area contributed by atoms with Gasteiger partial charge in [0.05, 0.1) is 0 Å². The van der Waals surface area contributed by atoms with E-state index in [1.165, 1.54) is 12.8 Å². The van der Waals surface area contributed by atoms with E-state index in [0.717, 1.165) is 53.9 Å². The topological polar surface area (TPSA) is 103 Å². The zero-order chi connectivity index (χ0) is 35.1. The van der Waals surface area contributed by atoms with Gasteiger partial charge in [-0.1, -0.05) is 60.7 Å². The van der Waals surface area contributed by atoms with Crippen molar-refractivity contribution in [3.05, 3.63) is 132 Å². The maximum atomic E-state index is 13.4. The summed E-state index contributed by atoms with van der Waals surface area (Å²) in [4.78, 5) is 43.5. The monoisotopic (exact) mass is 672 g/mol. The van der Waals surface area contributed by atoms with E-state index in [1.54, 1.807) is 18.5 Å². The van der Waals surface area contributed by atoms with Gasteiger partial charge < -0.3 is 20.2 Å². The summed E-state index contributed by atoms with van der Waals surface area (Å²) < 4.78 is 31.7. The molecule has 5 rings (SSSR count). The Morgan fingerprint density at radius 2 is 1.51 bits per heavy atom. The number of pyridine rings is 1. The van der Waals surface area contributed by atoms with Crippen molar-refractivity contribution in [1.29, 1.82) is 0 Å². The summed E-state index contributed by atoms with van der Waals surface area (Å²) in [7, 11) is 0. The third-order valence-corrected chi connectivity index (χ3v) is 7.86. The van der Waals surface area contributed by atoms with Gasteiger partial charge in [-0.3, -0.25) is 14.6 Å². The van der Waals surface area contributed by atoms with Crippen molar-refractivity contribution in [3.8, 4) is 11.1 Å². The van der Waals surface area contributed by atoms with Crippen LogP contribution < -0.4 is 5.32 Å². The number of amides is 2. The Bertz CT molecular complexity index is 1690. The molecule has 0 unspecified atom stereocenters. The minimum absolute atomic E-state index is 0.0362. The third-order valence-electron chi connectivity index (χ3n) is 7.86. The molecule has 1 aliphatic rings. The van der Waals surface area contributed by atoms with Crippen LogP contribution in [0.3, 0.4) is 0 Å². The van der Waals surface area contributed by atoms with Crippen LogP contribution in [-0.2, 0) is 22.6 Å². The van der Waals surface area contributed by atoms with Crippen LogP contribution in [0.25, 0.3) is 17.2 Å². The van der Waals surface area contributed by atoms with Gasteiger partial charge in [-0.15, -0.1) is 0 Å². The zero-order valence-electron chi connectivity index (χ0n) is 27.0. The first-order valence-corrected chi connectivity index (χ1v) is 16.0. The van der Waals surface area contributed by atoms with Gasteiger partial charge >= 0.3 is 12.1 Å². The number of aliphatic carboxylic acids is 1. The van der Waals surface area contributed by atoms with Crippen molar-refractivity contribution in [2.75, 3.05) is 32.7 Å². The van der Waals surface area contributed by atoms with Gasteiger partial charge in [0, 0.05) is 50.2 Å². The van der Waals surface area contributed by atoms with Gasteiger partial charge in [0.25, 0.3) is 5.91 Å². The summed E-state index contributed by atoms with van der Waals surface area (Å²) in [6.45, 7) is 4.85. The highest BCUT2D eigenvalue weighted by molar-refractivity contribution is 5.95. The number of alkyl halides is 3. The molecule has 2 heterocycles. The number of nitrogens with zero attached hydrogens (tertiary/aromatic N) is 3. The number of halogens is 3. The summed E-state index contributed by atoms with van der Waals surface area (Å²) in [5.41, 5.74) is 5.80. The van der Waals surface area contributed by atoms with Crippen molar-refractivity contribution < 1.29 is 32.7 Å². The lowest BCUT2D eigenvalue weighted by molar-refractivity contribution is -0.192. The van der Waals surface area contributed by atoms with E-state index in [9.17, 15) is 22.8 Å². The number of carbonyl (C=O) groups excluding carboxylic acids is 2. The second-order valence-corrected chi connectivity index (χ2v) is 11.5. The van der Waals surface area contributed by atoms with Crippen molar-refractivity contribution in [2.24, 2.45) is 0 Å². The molecule has 2 N–H and O–H groups in total. The zero-order valence-corrected chi connectivity index (χ0v) is 27.0. The Morgan fingerprint density at radius 3 is 2.18 bits per heavy atom. The molecule has 1 fully saturated rings. The fraction of sp³-hybridized carbons (Fsp3) is 0.263. The SMILES string of the molecule is O=C(NCCN1CCCC1)c1cccc(-c2cccc(CN(CCc3ccncc3)C(=O)/C=C/c3ccccc3)c2)c1.O=C(O)C(F)(F)F. The molecule has 49 heavy (non-hydrogen) atoms. The number of benzene rings is 3. The first-order chi connectivity index (χ1) is 23.6. The first-order valence-electron chi connectivity index (χ1n) is 16.0. The largest absolute Gasteiger partial charge is 0.490 e. The van der Waals surface area contributed by atoms with Crippen LogP contribution in [0.4, 0.5) is 13.2 Å². The summed E-state index contributed by atoms with van der Waals surface area (Å²) in [6.07, 6.45) is 5.22. The number of carboxylic acids is 1. The van der Waals surface area contributed by atoms with Crippen LogP contribution in [0.5, 0.6) is 0 Å². The highest BCUT2D eigenvalue weighted by Gasteiger charge is 2.38. The molecule has 3 aromatic carbocycles. The highest BCUT2D eigenvalue weighted by atomic mass is 19.4. The van der Waals surface area contributed by atoms with Gasteiger partial charge in [-0.05, 0) is 96.6 Å². The predicted octanol–water partition coefficient (Wildman–Crippen LogP) is 6.49. The van der Waals surface area contributed by atoms with Crippen LogP contribution in [0.2, 0.25) is 0 Å². The summed E-state index contributed by atoms with van der Waals surface area (Å²) in [6, 6.07) is 29.8. The van der Waals surface area contributed by atoms with Crippen LogP contribution in [0.15, 0.2) is 109 Å². The second-order valence-electron chi connectivity index (χ2n) is 11.5. The standard InChI is InChI=1S/C36H38N4O2.C2HF3O2/c41-35(15-14-29-8-2-1-3-9-29)40(24-18-30-16-19-37-20-17-30)28-31-10-6-11-32(26-31)33-12-7-13-34(27-33)36(42)38-21-25-39-22-4-5-23-39;3-2(4,5)1(6)7/h1-3,6-17,19-20,26-27H,4-5,18,21-25,28H2,(H,38,42);(H,6,7)/b15-14+;. The number of likely N-dealkylation sites (tertiary alicyclic amines) is 1. The number of carboxylic acid groups (broad SMARTS) is 1. The van der Waals surface area contributed by atoms with Crippen LogP contribution in [0, 0.1) is 0 Å². The van der Waals surface area contributed by atoms with E-state index in [0.29, 0.717) is 25.2 Å². The van der Waals surface area contributed by atoms with Gasteiger partial charge in [0.15, 0.2) is 0 Å². The average Bonchev–Trinajstić information content (AvgIpc) is 3.63. The molecule has 0 atom stereocenters. The molecule has 2 amide bonds. The summed E-state index contributed by atoms with van der Waals surface area (Å²) >= 11 is 0. The van der Waals surface area contributed by atoms with E-state index in [4.69, 9.17) is 9.90 Å². The molecule has 0 aliphatic carbocycles. The van der Waals surface area contributed by atoms with Gasteiger partial charge in [0.2, 0.25) is 5.91 Å².